The van der Waals surface area contributed by atoms with Gasteiger partial charge in [0.1, 0.15) is 0 Å². The van der Waals surface area contributed by atoms with Crippen LogP contribution < -0.4 is 5.32 Å². The van der Waals surface area contributed by atoms with Gasteiger partial charge in [0.25, 0.3) is 0 Å². The maximum absolute atomic E-state index is 13.6. The minimum absolute atomic E-state index is 0.0919. The van der Waals surface area contributed by atoms with Crippen LogP contribution in [0.25, 0.3) is 0 Å². The van der Waals surface area contributed by atoms with Gasteiger partial charge in [0.05, 0.1) is 0 Å². The van der Waals surface area contributed by atoms with Crippen molar-refractivity contribution in [2.75, 3.05) is 37.5 Å². The molecular formula is C33H62NO2P. The molecule has 0 radical (unpaired) electrons. The Labute approximate surface area is 231 Å². The Bertz CT molecular complexity index is 659. The minimum atomic E-state index is -2.64. The monoisotopic (exact) mass is 535 g/mol. The van der Waals surface area contributed by atoms with E-state index >= 15 is 0 Å². The second-order valence-corrected chi connectivity index (χ2v) is 17.8. The molecule has 0 aromatic heterocycles. The molecule has 1 aromatic rings. The summed E-state index contributed by atoms with van der Waals surface area (Å²) in [6.45, 7) is 6.64. The van der Waals surface area contributed by atoms with Crippen LogP contribution in [0, 0.1) is 0 Å². The van der Waals surface area contributed by atoms with E-state index in [0.717, 1.165) is 24.2 Å². The molecule has 37 heavy (non-hydrogen) atoms. The molecule has 1 N–H and O–H groups in total. The molecule has 0 bridgehead atoms. The summed E-state index contributed by atoms with van der Waals surface area (Å²) in [6.07, 6.45) is 26.6. The van der Waals surface area contributed by atoms with Gasteiger partial charge in [-0.2, -0.15) is 0 Å². The van der Waals surface area contributed by atoms with E-state index in [1.165, 1.54) is 116 Å². The zero-order valence-corrected chi connectivity index (χ0v) is 26.3. The van der Waals surface area contributed by atoms with Crippen LogP contribution in [0.4, 0.5) is 5.69 Å². The van der Waals surface area contributed by atoms with Crippen molar-refractivity contribution in [3.63, 3.8) is 0 Å². The van der Waals surface area contributed by atoms with Crippen LogP contribution in [0.1, 0.15) is 147 Å². The summed E-state index contributed by atoms with van der Waals surface area (Å²) in [4.78, 5) is 13.6. The van der Waals surface area contributed by atoms with Crippen LogP contribution in [-0.4, -0.2) is 38.2 Å². The van der Waals surface area contributed by atoms with Gasteiger partial charge >= 0.3 is 231 Å². The number of unbranched alkanes of at least 4 members (excludes halogenated alkanes) is 15. The number of rotatable bonds is 24. The second-order valence-electron chi connectivity index (χ2n) is 11.9. The summed E-state index contributed by atoms with van der Waals surface area (Å²) < 4.78 is 6.84. The number of carbonyl (C=O) groups excluding carboxylic acids is 1. The van der Waals surface area contributed by atoms with E-state index in [9.17, 15) is 4.79 Å². The molecule has 4 heteroatoms. The van der Waals surface area contributed by atoms with E-state index in [0.29, 0.717) is 5.56 Å². The van der Waals surface area contributed by atoms with Crippen molar-refractivity contribution in [2.24, 2.45) is 0 Å². The summed E-state index contributed by atoms with van der Waals surface area (Å²) in [5.41, 5.74) is 1.72. The summed E-state index contributed by atoms with van der Waals surface area (Å²) in [5.74, 6) is -0.0919. The van der Waals surface area contributed by atoms with E-state index in [1.54, 1.807) is 0 Å². The Hall–Kier alpha value is -1.08. The van der Waals surface area contributed by atoms with Crippen LogP contribution >= 0.6 is 6.83 Å². The quantitative estimate of drug-likeness (QED) is 0.106. The Morgan fingerprint density at radius 1 is 0.622 bits per heavy atom. The molecule has 0 aliphatic heterocycles. The molecule has 0 aliphatic carbocycles. The molecule has 216 valence electrons. The topological polar surface area (TPSA) is 38.3 Å². The Kier molecular flexibility index (Phi) is 18.3. The van der Waals surface area contributed by atoms with E-state index in [4.69, 9.17) is 4.52 Å². The Morgan fingerprint density at radius 3 is 1.32 bits per heavy atom. The fraction of sp³-hybridized carbons (Fsp3) is 0.788. The molecule has 0 unspecified atom stereocenters. The molecule has 1 rings (SSSR count). The fourth-order valence-electron chi connectivity index (χ4n) is 5.57. The number of hydrogen-bond acceptors (Lipinski definition) is 3. The normalized spacial score (nSPS) is 12.7. The Balaban J connectivity index is 3.01. The maximum atomic E-state index is 13.6. The summed E-state index contributed by atoms with van der Waals surface area (Å²) >= 11 is 0. The predicted octanol–water partition coefficient (Wildman–Crippen LogP) is 11.1. The number of anilines is 1. The number of carbonyl (C=O) groups is 1. The zero-order valence-electron chi connectivity index (χ0n) is 25.4. The van der Waals surface area contributed by atoms with Crippen molar-refractivity contribution in [3.05, 3.63) is 29.8 Å². The molecule has 3 nitrogen and oxygen atoms in total. The van der Waals surface area contributed by atoms with Gasteiger partial charge in [0.15, 0.2) is 0 Å². The van der Waals surface area contributed by atoms with Gasteiger partial charge in [-0.1, -0.05) is 0 Å². The van der Waals surface area contributed by atoms with E-state index in [1.807, 2.05) is 31.3 Å². The predicted molar refractivity (Wildman–Crippen MR) is 169 cm³/mol. The van der Waals surface area contributed by atoms with Crippen LogP contribution in [0.3, 0.4) is 0 Å². The summed E-state index contributed by atoms with van der Waals surface area (Å²) in [7, 11) is 1.91. The van der Waals surface area contributed by atoms with E-state index in [-0.39, 0.29) is 5.97 Å². The molecule has 0 spiro atoms. The first kappa shape index (κ1) is 33.9. The van der Waals surface area contributed by atoms with Gasteiger partial charge in [-0.15, -0.1) is 0 Å². The SMILES string of the molecule is CCCCCCCCP(C)(CCCCCCCC)(CCCCCCCC)OC(=O)c1ccc(NC)cc1. The third-order valence-electron chi connectivity index (χ3n) is 8.21. The van der Waals surface area contributed by atoms with Gasteiger partial charge in [0, 0.05) is 0 Å². The zero-order chi connectivity index (χ0) is 27.3. The fourth-order valence-corrected chi connectivity index (χ4v) is 10.5. The van der Waals surface area contributed by atoms with Gasteiger partial charge in [-0.05, 0) is 0 Å². The van der Waals surface area contributed by atoms with Gasteiger partial charge in [-0.25, -0.2) is 0 Å². The first-order valence-corrected chi connectivity index (χ1v) is 19.1. The van der Waals surface area contributed by atoms with Crippen molar-refractivity contribution in [1.82, 2.24) is 0 Å². The van der Waals surface area contributed by atoms with Crippen molar-refractivity contribution in [3.8, 4) is 0 Å². The first-order chi connectivity index (χ1) is 17.9. The average Bonchev–Trinajstić information content (AvgIpc) is 2.90. The first-order valence-electron chi connectivity index (χ1n) is 15.9. The van der Waals surface area contributed by atoms with Crippen molar-refractivity contribution < 1.29 is 9.32 Å². The van der Waals surface area contributed by atoms with Gasteiger partial charge in [0.2, 0.25) is 0 Å². The van der Waals surface area contributed by atoms with E-state index in [2.05, 4.69) is 32.8 Å². The number of hydrogen-bond donors (Lipinski definition) is 1. The van der Waals surface area contributed by atoms with Crippen molar-refractivity contribution >= 4 is 18.5 Å². The van der Waals surface area contributed by atoms with Crippen molar-refractivity contribution in [1.29, 1.82) is 0 Å². The third kappa shape index (κ3) is 14.6. The molecule has 0 aliphatic rings. The standard InChI is InChI=1S/C33H62NO2P/c1-6-9-12-15-18-21-28-37(5,29-22-19-16-13-10-7-2,30-23-20-17-14-11-8-3)36-33(35)31-24-26-32(34-4)27-25-31/h24-27,34H,6-23,28-30H2,1-5H3. The average molecular weight is 536 g/mol. The molecule has 0 heterocycles. The van der Waals surface area contributed by atoms with E-state index < -0.39 is 6.83 Å². The van der Waals surface area contributed by atoms with Gasteiger partial charge < -0.3 is 0 Å². The summed E-state index contributed by atoms with van der Waals surface area (Å²) in [5, 5.41) is 3.15. The van der Waals surface area contributed by atoms with Crippen molar-refractivity contribution in [2.45, 2.75) is 136 Å². The number of benzene rings is 1. The summed E-state index contributed by atoms with van der Waals surface area (Å²) in [6, 6.07) is 7.82. The molecular weight excluding hydrogens is 473 g/mol. The Morgan fingerprint density at radius 2 is 0.973 bits per heavy atom. The van der Waals surface area contributed by atoms with Crippen LogP contribution in [0.2, 0.25) is 0 Å². The molecule has 0 saturated heterocycles. The third-order valence-corrected chi connectivity index (χ3v) is 13.7. The van der Waals surface area contributed by atoms with Crippen LogP contribution in [0.15, 0.2) is 24.3 Å². The van der Waals surface area contributed by atoms with Gasteiger partial charge in [-0.3, -0.25) is 0 Å². The van der Waals surface area contributed by atoms with Crippen LogP contribution in [0.5, 0.6) is 0 Å². The molecule has 0 saturated carbocycles. The van der Waals surface area contributed by atoms with Crippen LogP contribution in [-0.2, 0) is 4.52 Å². The molecule has 1 aromatic carbocycles. The molecule has 0 fully saturated rings. The molecule has 0 atom stereocenters. The number of nitrogens with one attached hydrogen (secondary N) is 1. The molecule has 0 amide bonds. The second kappa shape index (κ2) is 19.9.